The number of nitro groups is 1. The zero-order valence-electron chi connectivity index (χ0n) is 11.6. The van der Waals surface area contributed by atoms with Crippen LogP contribution in [0.5, 0.6) is 0 Å². The van der Waals surface area contributed by atoms with Crippen LogP contribution in [0.15, 0.2) is 54.6 Å². The maximum absolute atomic E-state index is 11.1. The van der Waals surface area contributed by atoms with Crippen molar-refractivity contribution in [2.24, 2.45) is 0 Å². The molecule has 0 N–H and O–H groups in total. The molecule has 21 heavy (non-hydrogen) atoms. The van der Waals surface area contributed by atoms with Gasteiger partial charge in [0.25, 0.3) is 5.69 Å². The Hall–Kier alpha value is -2.75. The molecule has 1 heterocycles. The largest absolute Gasteiger partial charge is 0.278 e. The minimum Gasteiger partial charge on any atom is -0.258 e. The van der Waals surface area contributed by atoms with Crippen LogP contribution in [0.2, 0.25) is 0 Å². The van der Waals surface area contributed by atoms with Crippen LogP contribution in [-0.4, -0.2) is 9.91 Å². The Balaban J connectivity index is 2.16. The van der Waals surface area contributed by atoms with Gasteiger partial charge in [0.2, 0.25) is 0 Å². The van der Waals surface area contributed by atoms with Gasteiger partial charge >= 0.3 is 0 Å². The van der Waals surface area contributed by atoms with Gasteiger partial charge in [0.05, 0.1) is 21.7 Å². The average molecular weight is 278 g/mol. The zero-order valence-corrected chi connectivity index (χ0v) is 11.6. The highest BCUT2D eigenvalue weighted by Gasteiger charge is 2.15. The molecule has 1 aromatic heterocycles. The number of hydrogen-bond acceptors (Lipinski definition) is 3. The summed E-state index contributed by atoms with van der Waals surface area (Å²) in [7, 11) is 0. The lowest BCUT2D eigenvalue weighted by atomic mass is 10.1. The molecule has 0 aliphatic carbocycles. The van der Waals surface area contributed by atoms with E-state index in [-0.39, 0.29) is 10.6 Å². The Morgan fingerprint density at radius 3 is 2.67 bits per heavy atom. The topological polar surface area (TPSA) is 56.0 Å². The van der Waals surface area contributed by atoms with Gasteiger partial charge in [0, 0.05) is 11.5 Å². The Morgan fingerprint density at radius 1 is 1.10 bits per heavy atom. The van der Waals surface area contributed by atoms with Gasteiger partial charge in [-0.05, 0) is 36.2 Å². The fourth-order valence-electron chi connectivity index (χ4n) is 2.39. The predicted octanol–water partition coefficient (Wildman–Crippen LogP) is 4.37. The molecular formula is C17H14N2O2. The minimum absolute atomic E-state index is 0.0783. The third-order valence-corrected chi connectivity index (χ3v) is 3.54. The number of hydrogen-bond donors (Lipinski definition) is 0. The van der Waals surface area contributed by atoms with Gasteiger partial charge in [-0.15, -0.1) is 0 Å². The number of para-hydroxylation sites is 1. The molecule has 0 aliphatic rings. The van der Waals surface area contributed by atoms with Gasteiger partial charge in [-0.1, -0.05) is 31.2 Å². The summed E-state index contributed by atoms with van der Waals surface area (Å²) in [4.78, 5) is 15.3. The van der Waals surface area contributed by atoms with Crippen molar-refractivity contribution in [3.63, 3.8) is 0 Å². The van der Waals surface area contributed by atoms with Crippen molar-refractivity contribution in [3.8, 4) is 11.3 Å². The summed E-state index contributed by atoms with van der Waals surface area (Å²) in [5, 5.41) is 12.2. The summed E-state index contributed by atoms with van der Waals surface area (Å²) in [5.74, 6) is 0. The molecule has 0 aliphatic heterocycles. The fraction of sp³-hybridized carbons (Fsp3) is 0.118. The smallest absolute Gasteiger partial charge is 0.258 e. The molecule has 0 unspecified atom stereocenters. The van der Waals surface area contributed by atoms with Crippen LogP contribution in [0.1, 0.15) is 12.5 Å². The molecular weight excluding hydrogens is 264 g/mol. The van der Waals surface area contributed by atoms with Gasteiger partial charge in [0.1, 0.15) is 0 Å². The average Bonchev–Trinajstić information content (AvgIpc) is 2.53. The molecule has 3 rings (SSSR count). The first-order valence-electron chi connectivity index (χ1n) is 6.82. The van der Waals surface area contributed by atoms with E-state index in [9.17, 15) is 10.1 Å². The third kappa shape index (κ3) is 2.48. The van der Waals surface area contributed by atoms with E-state index in [1.165, 1.54) is 11.6 Å². The lowest BCUT2D eigenvalue weighted by molar-refractivity contribution is -0.384. The standard InChI is InChI=1S/C17H14N2O2/c1-2-12-7-9-15-13(11-12)8-10-16(18-15)14-5-3-4-6-17(14)19(20)21/h3-11H,2H2,1H3. The molecule has 4 heteroatoms. The molecule has 0 spiro atoms. The van der Waals surface area contributed by atoms with Crippen LogP contribution < -0.4 is 0 Å². The van der Waals surface area contributed by atoms with Gasteiger partial charge in [-0.25, -0.2) is 4.98 Å². The third-order valence-electron chi connectivity index (χ3n) is 3.54. The normalized spacial score (nSPS) is 10.7. The van der Waals surface area contributed by atoms with Crippen molar-refractivity contribution in [1.82, 2.24) is 4.98 Å². The first-order chi connectivity index (χ1) is 10.2. The number of aromatic nitrogens is 1. The Labute approximate surface area is 122 Å². The quantitative estimate of drug-likeness (QED) is 0.528. The summed E-state index contributed by atoms with van der Waals surface area (Å²) < 4.78 is 0. The lowest BCUT2D eigenvalue weighted by Crippen LogP contribution is -1.93. The summed E-state index contributed by atoms with van der Waals surface area (Å²) >= 11 is 0. The number of fused-ring (bicyclic) bond motifs is 1. The number of benzene rings is 2. The van der Waals surface area contributed by atoms with Crippen molar-refractivity contribution in [3.05, 3.63) is 70.3 Å². The predicted molar refractivity (Wildman–Crippen MR) is 83.2 cm³/mol. The van der Waals surface area contributed by atoms with Crippen LogP contribution >= 0.6 is 0 Å². The molecule has 0 radical (unpaired) electrons. The highest BCUT2D eigenvalue weighted by molar-refractivity contribution is 5.83. The molecule has 4 nitrogen and oxygen atoms in total. The second kappa shape index (κ2) is 5.32. The van der Waals surface area contributed by atoms with Crippen molar-refractivity contribution in [1.29, 1.82) is 0 Å². The molecule has 3 aromatic rings. The van der Waals surface area contributed by atoms with E-state index in [1.807, 2.05) is 24.3 Å². The summed E-state index contributed by atoms with van der Waals surface area (Å²) in [5.41, 5.74) is 3.35. The van der Waals surface area contributed by atoms with Crippen LogP contribution in [0.25, 0.3) is 22.2 Å². The number of aryl methyl sites for hydroxylation is 1. The van der Waals surface area contributed by atoms with Crippen molar-refractivity contribution in [2.75, 3.05) is 0 Å². The second-order valence-electron chi connectivity index (χ2n) is 4.85. The van der Waals surface area contributed by atoms with E-state index < -0.39 is 0 Å². The van der Waals surface area contributed by atoms with E-state index in [4.69, 9.17) is 0 Å². The van der Waals surface area contributed by atoms with Crippen LogP contribution in [0.3, 0.4) is 0 Å². The van der Waals surface area contributed by atoms with E-state index in [0.29, 0.717) is 11.3 Å². The highest BCUT2D eigenvalue weighted by atomic mass is 16.6. The molecule has 0 bridgehead atoms. The molecule has 0 fully saturated rings. The number of rotatable bonds is 3. The first-order valence-corrected chi connectivity index (χ1v) is 6.82. The van der Waals surface area contributed by atoms with E-state index in [2.05, 4.69) is 18.0 Å². The molecule has 2 aromatic carbocycles. The van der Waals surface area contributed by atoms with Crippen molar-refractivity contribution >= 4 is 16.6 Å². The first kappa shape index (κ1) is 13.2. The Morgan fingerprint density at radius 2 is 1.90 bits per heavy atom. The number of nitro benzene ring substituents is 1. The summed E-state index contributed by atoms with van der Waals surface area (Å²) in [6.07, 6.45) is 0.974. The molecule has 0 amide bonds. The van der Waals surface area contributed by atoms with Crippen LogP contribution in [-0.2, 0) is 6.42 Å². The molecule has 104 valence electrons. The summed E-state index contributed by atoms with van der Waals surface area (Å²) in [6.45, 7) is 2.11. The fourth-order valence-corrected chi connectivity index (χ4v) is 2.39. The molecule has 0 saturated heterocycles. The molecule has 0 saturated carbocycles. The number of nitrogens with zero attached hydrogens (tertiary/aromatic N) is 2. The number of pyridine rings is 1. The Bertz CT molecular complexity index is 828. The zero-order chi connectivity index (χ0) is 14.8. The summed E-state index contributed by atoms with van der Waals surface area (Å²) in [6, 6.07) is 16.6. The van der Waals surface area contributed by atoms with Gasteiger partial charge in [-0.3, -0.25) is 10.1 Å². The van der Waals surface area contributed by atoms with Crippen LogP contribution in [0.4, 0.5) is 5.69 Å². The van der Waals surface area contributed by atoms with Crippen molar-refractivity contribution in [2.45, 2.75) is 13.3 Å². The van der Waals surface area contributed by atoms with Gasteiger partial charge in [0.15, 0.2) is 0 Å². The van der Waals surface area contributed by atoms with Crippen LogP contribution in [0, 0.1) is 10.1 Å². The van der Waals surface area contributed by atoms with E-state index >= 15 is 0 Å². The van der Waals surface area contributed by atoms with Crippen molar-refractivity contribution < 1.29 is 4.92 Å². The lowest BCUT2D eigenvalue weighted by Gasteiger charge is -2.05. The monoisotopic (exact) mass is 278 g/mol. The van der Waals surface area contributed by atoms with E-state index in [1.54, 1.807) is 18.2 Å². The SMILES string of the molecule is CCc1ccc2nc(-c3ccccc3[N+](=O)[O-])ccc2c1. The Kier molecular flexibility index (Phi) is 3.36. The minimum atomic E-state index is -0.374. The highest BCUT2D eigenvalue weighted by Crippen LogP contribution is 2.29. The van der Waals surface area contributed by atoms with Gasteiger partial charge in [-0.2, -0.15) is 0 Å². The van der Waals surface area contributed by atoms with E-state index in [0.717, 1.165) is 17.3 Å². The maximum Gasteiger partial charge on any atom is 0.278 e. The maximum atomic E-state index is 11.1. The molecule has 0 atom stereocenters. The van der Waals surface area contributed by atoms with Gasteiger partial charge < -0.3 is 0 Å². The second-order valence-corrected chi connectivity index (χ2v) is 4.85.